The maximum absolute atomic E-state index is 12.0. The number of carbonyl (C=O) groups excluding carboxylic acids is 2. The highest BCUT2D eigenvalue weighted by atomic mass is 35.5. The Kier molecular flexibility index (Phi) is 5.11. The van der Waals surface area contributed by atoms with E-state index >= 15 is 0 Å². The molecule has 0 aliphatic heterocycles. The molecule has 3 N–H and O–H groups in total. The lowest BCUT2D eigenvalue weighted by molar-refractivity contribution is -0.131. The lowest BCUT2D eigenvalue weighted by atomic mass is 10.2. The monoisotopic (exact) mass is 284 g/mol. The van der Waals surface area contributed by atoms with Crippen molar-refractivity contribution in [1.29, 1.82) is 0 Å². The van der Waals surface area contributed by atoms with Gasteiger partial charge in [0.25, 0.3) is 5.91 Å². The van der Waals surface area contributed by atoms with Crippen LogP contribution in [0.5, 0.6) is 0 Å². The van der Waals surface area contributed by atoms with Gasteiger partial charge >= 0.3 is 0 Å². The van der Waals surface area contributed by atoms with Crippen molar-refractivity contribution in [2.45, 2.75) is 19.9 Å². The van der Waals surface area contributed by atoms with Gasteiger partial charge in [-0.1, -0.05) is 11.6 Å². The van der Waals surface area contributed by atoms with Crippen molar-refractivity contribution in [2.75, 3.05) is 19.3 Å². The van der Waals surface area contributed by atoms with Gasteiger partial charge in [-0.25, -0.2) is 4.98 Å². The lowest BCUT2D eigenvalue weighted by Gasteiger charge is -2.20. The van der Waals surface area contributed by atoms with Crippen LogP contribution in [0.1, 0.15) is 24.2 Å². The van der Waals surface area contributed by atoms with Crippen LogP contribution in [0.3, 0.4) is 0 Å². The Morgan fingerprint density at radius 1 is 1.58 bits per heavy atom. The summed E-state index contributed by atoms with van der Waals surface area (Å²) in [5, 5.41) is 2.62. The molecule has 0 fully saturated rings. The Hall–Kier alpha value is -1.82. The summed E-state index contributed by atoms with van der Waals surface area (Å²) in [4.78, 5) is 29.1. The number of nitrogens with one attached hydrogen (secondary N) is 1. The number of anilines is 1. The van der Waals surface area contributed by atoms with Crippen molar-refractivity contribution in [2.24, 2.45) is 0 Å². The molecule has 1 heterocycles. The molecule has 0 aliphatic carbocycles. The zero-order chi connectivity index (χ0) is 14.6. The number of nitrogens with zero attached hydrogens (tertiary/aromatic N) is 2. The van der Waals surface area contributed by atoms with Gasteiger partial charge in [0.05, 0.1) is 17.4 Å². The van der Waals surface area contributed by atoms with Crippen molar-refractivity contribution in [3.8, 4) is 0 Å². The van der Waals surface area contributed by atoms with E-state index in [0.717, 1.165) is 0 Å². The predicted octanol–water partition coefficient (Wildman–Crippen LogP) is 0.914. The van der Waals surface area contributed by atoms with Crippen molar-refractivity contribution in [3.63, 3.8) is 0 Å². The van der Waals surface area contributed by atoms with E-state index < -0.39 is 11.9 Å². The molecule has 0 bridgehead atoms. The predicted molar refractivity (Wildman–Crippen MR) is 73.9 cm³/mol. The summed E-state index contributed by atoms with van der Waals surface area (Å²) in [5.74, 6) is -0.654. The average Bonchev–Trinajstić information content (AvgIpc) is 2.39. The second kappa shape index (κ2) is 6.38. The summed E-state index contributed by atoms with van der Waals surface area (Å²) in [7, 11) is 1.67. The number of rotatable bonds is 4. The van der Waals surface area contributed by atoms with Crippen molar-refractivity contribution < 1.29 is 9.59 Å². The number of nitrogens with two attached hydrogens (primary N) is 1. The second-order valence-electron chi connectivity index (χ2n) is 4.15. The Labute approximate surface area is 116 Å². The molecule has 6 nitrogen and oxygen atoms in total. The Balaban J connectivity index is 2.80. The normalized spacial score (nSPS) is 11.8. The van der Waals surface area contributed by atoms with E-state index in [1.807, 2.05) is 6.92 Å². The molecule has 7 heteroatoms. The van der Waals surface area contributed by atoms with E-state index in [1.165, 1.54) is 17.2 Å². The zero-order valence-electron chi connectivity index (χ0n) is 11.1. The fourth-order valence-corrected chi connectivity index (χ4v) is 1.64. The number of amides is 2. The number of carbonyl (C=O) groups is 2. The molecule has 0 saturated heterocycles. The van der Waals surface area contributed by atoms with Gasteiger partial charge in [-0.15, -0.1) is 0 Å². The topological polar surface area (TPSA) is 88.3 Å². The Morgan fingerprint density at radius 2 is 2.21 bits per heavy atom. The van der Waals surface area contributed by atoms with E-state index in [0.29, 0.717) is 12.2 Å². The third-order valence-electron chi connectivity index (χ3n) is 2.67. The number of hydrogen-bond acceptors (Lipinski definition) is 4. The lowest BCUT2D eigenvalue weighted by Crippen LogP contribution is -2.45. The van der Waals surface area contributed by atoms with Crippen LogP contribution < -0.4 is 11.1 Å². The summed E-state index contributed by atoms with van der Waals surface area (Å²) >= 11 is 5.82. The minimum absolute atomic E-state index is 0.0511. The summed E-state index contributed by atoms with van der Waals surface area (Å²) in [6.45, 7) is 4.03. The highest BCUT2D eigenvalue weighted by Crippen LogP contribution is 2.15. The molecule has 19 heavy (non-hydrogen) atoms. The van der Waals surface area contributed by atoms with Gasteiger partial charge in [0, 0.05) is 13.6 Å². The van der Waals surface area contributed by atoms with E-state index in [4.69, 9.17) is 17.3 Å². The molecule has 1 atom stereocenters. The van der Waals surface area contributed by atoms with Gasteiger partial charge in [0.1, 0.15) is 11.2 Å². The number of halogens is 1. The first-order valence-electron chi connectivity index (χ1n) is 5.83. The Morgan fingerprint density at radius 3 is 2.79 bits per heavy atom. The van der Waals surface area contributed by atoms with Crippen molar-refractivity contribution >= 4 is 29.1 Å². The molecule has 0 aliphatic rings. The van der Waals surface area contributed by atoms with Gasteiger partial charge in [0.15, 0.2) is 0 Å². The average molecular weight is 285 g/mol. The minimum Gasteiger partial charge on any atom is -0.397 e. The first-order valence-corrected chi connectivity index (χ1v) is 6.21. The van der Waals surface area contributed by atoms with Crippen LogP contribution in [0, 0.1) is 0 Å². The van der Waals surface area contributed by atoms with Gasteiger partial charge in [-0.05, 0) is 19.9 Å². The molecule has 2 amide bonds. The number of pyridine rings is 1. The third kappa shape index (κ3) is 3.82. The standard InChI is InChI=1S/C12H17ClN4O2/c1-4-17(3)12(19)7(2)16-11(18)9-5-8(14)6-15-10(9)13/h5-7H,4,14H2,1-3H3,(H,16,18). The van der Waals surface area contributed by atoms with E-state index in [9.17, 15) is 9.59 Å². The smallest absolute Gasteiger partial charge is 0.255 e. The number of nitrogen functional groups attached to an aromatic ring is 1. The molecule has 1 aromatic heterocycles. The van der Waals surface area contributed by atoms with E-state index in [1.54, 1.807) is 14.0 Å². The van der Waals surface area contributed by atoms with Gasteiger partial charge < -0.3 is 16.0 Å². The summed E-state index contributed by atoms with van der Waals surface area (Å²) in [6, 6.07) is 0.778. The van der Waals surface area contributed by atoms with Crippen LogP contribution in [-0.4, -0.2) is 41.3 Å². The van der Waals surface area contributed by atoms with E-state index in [-0.39, 0.29) is 16.6 Å². The van der Waals surface area contributed by atoms with Gasteiger partial charge in [-0.3, -0.25) is 9.59 Å². The maximum atomic E-state index is 12.0. The van der Waals surface area contributed by atoms with Gasteiger partial charge in [-0.2, -0.15) is 0 Å². The van der Waals surface area contributed by atoms with Crippen LogP contribution in [0.4, 0.5) is 5.69 Å². The summed E-state index contributed by atoms with van der Waals surface area (Å²) in [5.41, 5.74) is 6.04. The van der Waals surface area contributed by atoms with Crippen LogP contribution in [0.25, 0.3) is 0 Å². The zero-order valence-corrected chi connectivity index (χ0v) is 11.9. The number of hydrogen-bond donors (Lipinski definition) is 2. The van der Waals surface area contributed by atoms with Crippen LogP contribution in [0.2, 0.25) is 5.15 Å². The van der Waals surface area contributed by atoms with Crippen LogP contribution in [-0.2, 0) is 4.79 Å². The van der Waals surface area contributed by atoms with Crippen LogP contribution in [0.15, 0.2) is 12.3 Å². The Bertz CT molecular complexity index is 493. The molecule has 1 unspecified atom stereocenters. The maximum Gasteiger partial charge on any atom is 0.255 e. The quantitative estimate of drug-likeness (QED) is 0.805. The second-order valence-corrected chi connectivity index (χ2v) is 4.51. The molecule has 0 spiro atoms. The highest BCUT2D eigenvalue weighted by molar-refractivity contribution is 6.32. The molecule has 1 aromatic rings. The highest BCUT2D eigenvalue weighted by Gasteiger charge is 2.20. The number of aromatic nitrogens is 1. The summed E-state index contributed by atoms with van der Waals surface area (Å²) < 4.78 is 0. The first-order chi connectivity index (χ1) is 8.86. The first kappa shape index (κ1) is 15.2. The fourth-order valence-electron chi connectivity index (χ4n) is 1.45. The molecule has 0 saturated carbocycles. The molecule has 0 radical (unpaired) electrons. The summed E-state index contributed by atoms with van der Waals surface area (Å²) in [6.07, 6.45) is 1.36. The minimum atomic E-state index is -0.644. The van der Waals surface area contributed by atoms with Crippen LogP contribution >= 0.6 is 11.6 Å². The molecule has 1 rings (SSSR count). The van der Waals surface area contributed by atoms with Crippen molar-refractivity contribution in [1.82, 2.24) is 15.2 Å². The largest absolute Gasteiger partial charge is 0.397 e. The third-order valence-corrected chi connectivity index (χ3v) is 2.97. The van der Waals surface area contributed by atoms with E-state index in [2.05, 4.69) is 10.3 Å². The fraction of sp³-hybridized carbons (Fsp3) is 0.417. The van der Waals surface area contributed by atoms with Crippen molar-refractivity contribution in [3.05, 3.63) is 23.0 Å². The van der Waals surface area contributed by atoms with Gasteiger partial charge in [0.2, 0.25) is 5.91 Å². The molecule has 0 aromatic carbocycles. The SMILES string of the molecule is CCN(C)C(=O)C(C)NC(=O)c1cc(N)cnc1Cl. The molecule has 104 valence electrons. The molecular weight excluding hydrogens is 268 g/mol. The molecular formula is C12H17ClN4O2. The number of likely N-dealkylation sites (N-methyl/N-ethyl adjacent to an activating group) is 1.